The summed E-state index contributed by atoms with van der Waals surface area (Å²) in [7, 11) is 0. The Morgan fingerprint density at radius 1 is 0.900 bits per heavy atom. The number of halogens is 4. The van der Waals surface area contributed by atoms with Crippen molar-refractivity contribution in [1.82, 2.24) is 0 Å². The third kappa shape index (κ3) is 4.89. The number of hydrogen-bond donors (Lipinski definition) is 0. The van der Waals surface area contributed by atoms with Gasteiger partial charge in [-0.3, -0.25) is 0 Å². The first kappa shape index (κ1) is 21.4. The second-order valence-corrected chi connectivity index (χ2v) is 9.16. The van der Waals surface area contributed by atoms with E-state index in [4.69, 9.17) is 39.6 Å². The molecule has 7 heteroatoms. The first-order valence-electron chi connectivity index (χ1n) is 9.18. The molecule has 0 heterocycles. The number of nitrogens with zero attached hydrogens (tertiary/aromatic N) is 1. The van der Waals surface area contributed by atoms with Gasteiger partial charge in [0.2, 0.25) is 0 Å². The van der Waals surface area contributed by atoms with Crippen molar-refractivity contribution in [2.45, 2.75) is 12.3 Å². The van der Waals surface area contributed by atoms with E-state index in [-0.39, 0.29) is 16.5 Å². The van der Waals surface area contributed by atoms with Crippen LogP contribution in [0.5, 0.6) is 0 Å². The number of carbonyl (C=O) groups is 1. The fourth-order valence-corrected chi connectivity index (χ4v) is 3.99. The fraction of sp³-hybridized carbons (Fsp3) is 0.130. The highest BCUT2D eigenvalue weighted by Crippen LogP contribution is 2.49. The largest absolute Gasteiger partial charge is 0.365 e. The highest BCUT2D eigenvalue weighted by Gasteiger charge is 2.43. The van der Waals surface area contributed by atoms with E-state index in [1.165, 1.54) is 11.6 Å². The molecule has 3 nitrogen and oxygen atoms in total. The van der Waals surface area contributed by atoms with Crippen LogP contribution in [-0.4, -0.2) is 11.7 Å². The molecule has 0 spiro atoms. The molecule has 0 aliphatic heterocycles. The lowest BCUT2D eigenvalue weighted by molar-refractivity contribution is 0.0515. The summed E-state index contributed by atoms with van der Waals surface area (Å²) in [6, 6.07) is 20.2. The minimum absolute atomic E-state index is 0.147. The van der Waals surface area contributed by atoms with Gasteiger partial charge in [-0.15, -0.1) is 0 Å². The van der Waals surface area contributed by atoms with Crippen molar-refractivity contribution in [2.75, 3.05) is 0 Å². The summed E-state index contributed by atoms with van der Waals surface area (Å²) in [5, 5.41) is 5.62. The molecule has 1 aliphatic rings. The maximum absolute atomic E-state index is 12.5. The monoisotopic (exact) mass is 521 g/mol. The molecular weight excluding hydrogens is 509 g/mol. The van der Waals surface area contributed by atoms with Gasteiger partial charge in [0.15, 0.2) is 0 Å². The van der Waals surface area contributed by atoms with Gasteiger partial charge >= 0.3 is 5.97 Å². The van der Waals surface area contributed by atoms with Crippen LogP contribution in [0.3, 0.4) is 0 Å². The van der Waals surface area contributed by atoms with Gasteiger partial charge in [0.25, 0.3) is 0 Å². The molecule has 2 unspecified atom stereocenters. The molecule has 2 atom stereocenters. The molecule has 1 aliphatic carbocycles. The Bertz CT molecular complexity index is 1110. The minimum atomic E-state index is -0.591. The number of hydrogen-bond acceptors (Lipinski definition) is 3. The zero-order valence-electron chi connectivity index (χ0n) is 15.5. The van der Waals surface area contributed by atoms with Gasteiger partial charge < -0.3 is 4.84 Å². The number of oxime groups is 1. The van der Waals surface area contributed by atoms with Gasteiger partial charge in [-0.05, 0) is 65.9 Å². The van der Waals surface area contributed by atoms with Crippen molar-refractivity contribution in [3.8, 4) is 0 Å². The molecular formula is C23H15BrCl3NO2. The van der Waals surface area contributed by atoms with Crippen molar-refractivity contribution in [1.29, 1.82) is 0 Å². The van der Waals surface area contributed by atoms with E-state index in [1.54, 1.807) is 12.1 Å². The van der Waals surface area contributed by atoms with Crippen LogP contribution in [0.1, 0.15) is 33.8 Å². The van der Waals surface area contributed by atoms with Crippen LogP contribution < -0.4 is 0 Å². The molecule has 0 saturated heterocycles. The molecule has 1 saturated carbocycles. The average Bonchev–Trinajstić information content (AvgIpc) is 3.52. The van der Waals surface area contributed by atoms with Crippen LogP contribution in [0.4, 0.5) is 0 Å². The molecule has 152 valence electrons. The Kier molecular flexibility index (Phi) is 6.49. The van der Waals surface area contributed by atoms with E-state index < -0.39 is 5.97 Å². The predicted molar refractivity (Wildman–Crippen MR) is 125 cm³/mol. The molecule has 3 aromatic rings. The van der Waals surface area contributed by atoms with Crippen LogP contribution in [0.15, 0.2) is 76.4 Å². The van der Waals surface area contributed by atoms with Crippen molar-refractivity contribution >= 4 is 62.4 Å². The van der Waals surface area contributed by atoms with Gasteiger partial charge in [-0.25, -0.2) is 4.79 Å². The molecule has 30 heavy (non-hydrogen) atoms. The maximum Gasteiger partial charge on any atom is 0.365 e. The van der Waals surface area contributed by atoms with E-state index in [1.807, 2.05) is 48.5 Å². The summed E-state index contributed by atoms with van der Waals surface area (Å²) in [6.07, 6.45) is 0.918. The van der Waals surface area contributed by atoms with Gasteiger partial charge in [-0.1, -0.05) is 80.2 Å². The third-order valence-corrected chi connectivity index (χ3v) is 6.48. The Balaban J connectivity index is 1.59. The Labute approximate surface area is 197 Å². The second-order valence-electron chi connectivity index (χ2n) is 6.99. The molecule has 4 rings (SSSR count). The molecule has 0 amide bonds. The third-order valence-electron chi connectivity index (χ3n) is 4.96. The Hall–Kier alpha value is -1.85. The number of rotatable bonds is 5. The first-order valence-corrected chi connectivity index (χ1v) is 11.1. The van der Waals surface area contributed by atoms with Gasteiger partial charge in [-0.2, -0.15) is 0 Å². The van der Waals surface area contributed by atoms with Crippen molar-refractivity contribution < 1.29 is 9.63 Å². The lowest BCUT2D eigenvalue weighted by Crippen LogP contribution is -2.09. The summed E-state index contributed by atoms with van der Waals surface area (Å²) in [5.74, 6) is -0.144. The van der Waals surface area contributed by atoms with Crippen molar-refractivity contribution in [2.24, 2.45) is 11.1 Å². The van der Waals surface area contributed by atoms with Crippen LogP contribution in [0.25, 0.3) is 0 Å². The molecule has 0 radical (unpaired) electrons. The van der Waals surface area contributed by atoms with E-state index in [2.05, 4.69) is 21.1 Å². The first-order chi connectivity index (χ1) is 14.4. The zero-order valence-corrected chi connectivity index (χ0v) is 19.3. The Morgan fingerprint density at radius 2 is 1.57 bits per heavy atom. The standard InChI is InChI=1S/C23H15BrCl3NO2/c24-16-6-1-14(2-7-16)22(19-12-18(19)13-3-8-17(25)9-4-13)28-30-23(29)15-5-10-20(26)21(27)11-15/h1-11,18-19H,12H2/b28-22+. The average molecular weight is 524 g/mol. The highest BCUT2D eigenvalue weighted by molar-refractivity contribution is 9.10. The highest BCUT2D eigenvalue weighted by atomic mass is 79.9. The number of carbonyl (C=O) groups excluding carboxylic acids is 1. The lowest BCUT2D eigenvalue weighted by atomic mass is 10.0. The molecule has 3 aromatic carbocycles. The molecule has 0 bridgehead atoms. The van der Waals surface area contributed by atoms with Crippen LogP contribution >= 0.6 is 50.7 Å². The van der Waals surface area contributed by atoms with E-state index in [0.29, 0.717) is 16.0 Å². The summed E-state index contributed by atoms with van der Waals surface area (Å²) in [4.78, 5) is 17.8. The second kappa shape index (κ2) is 9.11. The molecule has 1 fully saturated rings. The SMILES string of the molecule is O=C(O/N=C(\c1ccc(Br)cc1)C1CC1c1ccc(Cl)cc1)c1ccc(Cl)c(Cl)c1. The Morgan fingerprint density at radius 3 is 2.23 bits per heavy atom. The smallest absolute Gasteiger partial charge is 0.313 e. The van der Waals surface area contributed by atoms with E-state index in [0.717, 1.165) is 22.2 Å². The summed E-state index contributed by atoms with van der Waals surface area (Å²) in [6.45, 7) is 0. The van der Waals surface area contributed by atoms with Crippen molar-refractivity contribution in [3.63, 3.8) is 0 Å². The fourth-order valence-electron chi connectivity index (χ4n) is 3.30. The van der Waals surface area contributed by atoms with E-state index in [9.17, 15) is 4.79 Å². The van der Waals surface area contributed by atoms with Crippen molar-refractivity contribution in [3.05, 3.63) is 103 Å². The minimum Gasteiger partial charge on any atom is -0.313 e. The maximum atomic E-state index is 12.5. The molecule has 0 N–H and O–H groups in total. The predicted octanol–water partition coefficient (Wildman–Crippen LogP) is 7.77. The normalized spacial score (nSPS) is 18.2. The molecule has 0 aromatic heterocycles. The van der Waals surface area contributed by atoms with Gasteiger partial charge in [0.1, 0.15) is 0 Å². The van der Waals surface area contributed by atoms with Gasteiger partial charge in [0, 0.05) is 15.4 Å². The summed E-state index contributed by atoms with van der Waals surface area (Å²) >= 11 is 21.4. The zero-order chi connectivity index (χ0) is 21.3. The summed E-state index contributed by atoms with van der Waals surface area (Å²) < 4.78 is 0.962. The quantitative estimate of drug-likeness (QED) is 0.195. The van der Waals surface area contributed by atoms with Crippen LogP contribution in [-0.2, 0) is 4.84 Å². The topological polar surface area (TPSA) is 38.7 Å². The van der Waals surface area contributed by atoms with Crippen LogP contribution in [0.2, 0.25) is 15.1 Å². The van der Waals surface area contributed by atoms with Crippen LogP contribution in [0, 0.1) is 5.92 Å². The van der Waals surface area contributed by atoms with Gasteiger partial charge in [0.05, 0.1) is 21.3 Å². The summed E-state index contributed by atoms with van der Waals surface area (Å²) in [5.41, 5.74) is 3.11. The van der Waals surface area contributed by atoms with E-state index >= 15 is 0 Å². The number of benzene rings is 3. The lowest BCUT2D eigenvalue weighted by Gasteiger charge is -2.08.